The lowest BCUT2D eigenvalue weighted by Gasteiger charge is -2.15. The smallest absolute Gasteiger partial charge is 0.169 e. The molecule has 0 aliphatic rings. The number of aryl methyl sites for hydroxylation is 1. The van der Waals surface area contributed by atoms with Crippen LogP contribution in [-0.4, -0.2) is 28.2 Å². The normalized spacial score (nSPS) is 11.3. The van der Waals surface area contributed by atoms with Crippen molar-refractivity contribution in [2.75, 3.05) is 12.9 Å². The summed E-state index contributed by atoms with van der Waals surface area (Å²) in [6, 6.07) is 5.81. The molecule has 0 N–H and O–H groups in total. The van der Waals surface area contributed by atoms with Crippen LogP contribution in [0.5, 0.6) is 5.75 Å². The molecule has 0 radical (unpaired) electrons. The number of nitrogens with zero attached hydrogens (tertiary/aromatic N) is 2. The number of hydrogen-bond acceptors (Lipinski definition) is 4. The Morgan fingerprint density at radius 1 is 1.38 bits per heavy atom. The van der Waals surface area contributed by atoms with Gasteiger partial charge in [-0.1, -0.05) is 32.5 Å². The quantitative estimate of drug-likeness (QED) is 0.764. The Bertz CT molecular complexity index is 647. The van der Waals surface area contributed by atoms with Crippen molar-refractivity contribution >= 4 is 45.6 Å². The van der Waals surface area contributed by atoms with E-state index in [9.17, 15) is 4.79 Å². The summed E-state index contributed by atoms with van der Waals surface area (Å²) in [5, 5.41) is 0.853. The summed E-state index contributed by atoms with van der Waals surface area (Å²) in [5.41, 5.74) is 1.62. The van der Waals surface area contributed by atoms with Crippen molar-refractivity contribution in [3.05, 3.63) is 18.2 Å². The molecule has 1 aromatic carbocycles. The SMILES string of the molecule is Br.COc1ccc2c(c1)nc(SCC(=O)C(C)(C)C)n2C. The van der Waals surface area contributed by atoms with Gasteiger partial charge in [0, 0.05) is 18.5 Å². The molecule has 4 nitrogen and oxygen atoms in total. The minimum Gasteiger partial charge on any atom is -0.497 e. The summed E-state index contributed by atoms with van der Waals surface area (Å²) < 4.78 is 7.21. The fraction of sp³-hybridized carbons (Fsp3) is 0.467. The van der Waals surface area contributed by atoms with Gasteiger partial charge in [0.25, 0.3) is 0 Å². The highest BCUT2D eigenvalue weighted by Crippen LogP contribution is 2.27. The number of ketones is 1. The van der Waals surface area contributed by atoms with Crippen LogP contribution < -0.4 is 4.74 Å². The largest absolute Gasteiger partial charge is 0.497 e. The van der Waals surface area contributed by atoms with E-state index in [0.29, 0.717) is 5.75 Å². The zero-order chi connectivity index (χ0) is 14.9. The molecule has 0 saturated carbocycles. The second-order valence-electron chi connectivity index (χ2n) is 5.77. The molecule has 0 bridgehead atoms. The topological polar surface area (TPSA) is 44.1 Å². The number of carbonyl (C=O) groups excluding carboxylic acids is 1. The number of methoxy groups -OCH3 is 1. The van der Waals surface area contributed by atoms with Gasteiger partial charge in [-0.05, 0) is 12.1 Å². The molecule has 0 fully saturated rings. The molecule has 0 spiro atoms. The molecular weight excluding hydrogens is 352 g/mol. The molecule has 0 aliphatic heterocycles. The van der Waals surface area contributed by atoms with Gasteiger partial charge in [-0.25, -0.2) is 4.98 Å². The predicted molar refractivity (Wildman–Crippen MR) is 92.8 cm³/mol. The number of thioether (sulfide) groups is 1. The van der Waals surface area contributed by atoms with Gasteiger partial charge in [0.2, 0.25) is 0 Å². The van der Waals surface area contributed by atoms with E-state index < -0.39 is 0 Å². The summed E-state index contributed by atoms with van der Waals surface area (Å²) in [5.74, 6) is 1.46. The number of ether oxygens (including phenoxy) is 1. The first-order chi connectivity index (χ1) is 9.32. The molecule has 0 atom stereocenters. The minimum absolute atomic E-state index is 0. The third kappa shape index (κ3) is 4.01. The number of Topliss-reactive ketones (excluding diaryl/α,β-unsaturated/α-hetero) is 1. The Kier molecular flexibility index (Phi) is 5.87. The van der Waals surface area contributed by atoms with E-state index in [1.807, 2.05) is 50.6 Å². The fourth-order valence-corrected chi connectivity index (χ4v) is 2.91. The van der Waals surface area contributed by atoms with Crippen LogP contribution in [0.1, 0.15) is 20.8 Å². The van der Waals surface area contributed by atoms with Gasteiger partial charge in [0.1, 0.15) is 11.5 Å². The number of fused-ring (bicyclic) bond motifs is 1. The van der Waals surface area contributed by atoms with E-state index in [1.165, 1.54) is 11.8 Å². The van der Waals surface area contributed by atoms with E-state index in [0.717, 1.165) is 21.9 Å². The summed E-state index contributed by atoms with van der Waals surface area (Å²) in [4.78, 5) is 16.6. The van der Waals surface area contributed by atoms with Crippen molar-refractivity contribution in [1.82, 2.24) is 9.55 Å². The molecule has 116 valence electrons. The lowest BCUT2D eigenvalue weighted by Crippen LogP contribution is -2.22. The van der Waals surface area contributed by atoms with Crippen LogP contribution >= 0.6 is 28.7 Å². The third-order valence-electron chi connectivity index (χ3n) is 3.22. The number of halogens is 1. The van der Waals surface area contributed by atoms with Crippen molar-refractivity contribution in [1.29, 1.82) is 0 Å². The van der Waals surface area contributed by atoms with Crippen LogP contribution in [0.4, 0.5) is 0 Å². The highest BCUT2D eigenvalue weighted by molar-refractivity contribution is 8.93. The lowest BCUT2D eigenvalue weighted by atomic mass is 9.92. The number of benzene rings is 1. The number of imidazole rings is 1. The summed E-state index contributed by atoms with van der Waals surface area (Å²) in [7, 11) is 3.60. The van der Waals surface area contributed by atoms with Gasteiger partial charge >= 0.3 is 0 Å². The van der Waals surface area contributed by atoms with Gasteiger partial charge < -0.3 is 9.30 Å². The number of rotatable bonds is 4. The van der Waals surface area contributed by atoms with Gasteiger partial charge in [-0.3, -0.25) is 4.79 Å². The Hall–Kier alpha value is -1.01. The van der Waals surface area contributed by atoms with E-state index >= 15 is 0 Å². The molecule has 0 aliphatic carbocycles. The van der Waals surface area contributed by atoms with Crippen molar-refractivity contribution < 1.29 is 9.53 Å². The molecular formula is C15H21BrN2O2S. The Morgan fingerprint density at radius 3 is 2.62 bits per heavy atom. The van der Waals surface area contributed by atoms with Crippen molar-refractivity contribution in [2.45, 2.75) is 25.9 Å². The highest BCUT2D eigenvalue weighted by atomic mass is 79.9. The van der Waals surface area contributed by atoms with E-state index in [2.05, 4.69) is 4.98 Å². The summed E-state index contributed by atoms with van der Waals surface area (Å²) >= 11 is 1.48. The molecule has 0 saturated heterocycles. The fourth-order valence-electron chi connectivity index (χ4n) is 1.76. The van der Waals surface area contributed by atoms with E-state index in [4.69, 9.17) is 4.74 Å². The summed E-state index contributed by atoms with van der Waals surface area (Å²) in [6.07, 6.45) is 0. The number of aromatic nitrogens is 2. The van der Waals surface area contributed by atoms with Crippen molar-refractivity contribution in [3.63, 3.8) is 0 Å². The Labute approximate surface area is 140 Å². The third-order valence-corrected chi connectivity index (χ3v) is 4.25. The van der Waals surface area contributed by atoms with Crippen LogP contribution in [0.2, 0.25) is 0 Å². The monoisotopic (exact) mass is 372 g/mol. The van der Waals surface area contributed by atoms with Crippen LogP contribution in [0.15, 0.2) is 23.4 Å². The molecule has 2 aromatic rings. The molecule has 2 rings (SSSR count). The summed E-state index contributed by atoms with van der Waals surface area (Å²) in [6.45, 7) is 5.82. The predicted octanol–water partition coefficient (Wildman–Crippen LogP) is 3.87. The number of carbonyl (C=O) groups is 1. The minimum atomic E-state index is -0.305. The second kappa shape index (κ2) is 6.83. The van der Waals surface area contributed by atoms with E-state index in [-0.39, 0.29) is 28.2 Å². The zero-order valence-corrected chi connectivity index (χ0v) is 15.5. The van der Waals surface area contributed by atoms with E-state index in [1.54, 1.807) is 7.11 Å². The zero-order valence-electron chi connectivity index (χ0n) is 13.0. The maximum Gasteiger partial charge on any atom is 0.169 e. The Balaban J connectivity index is 0.00000220. The molecule has 1 aromatic heterocycles. The van der Waals surface area contributed by atoms with Gasteiger partial charge in [0.15, 0.2) is 5.16 Å². The Morgan fingerprint density at radius 2 is 2.05 bits per heavy atom. The average molecular weight is 373 g/mol. The van der Waals surface area contributed by atoms with Crippen LogP contribution in [0, 0.1) is 5.41 Å². The lowest BCUT2D eigenvalue weighted by molar-refractivity contribution is -0.123. The molecule has 21 heavy (non-hydrogen) atoms. The first-order valence-corrected chi connectivity index (χ1v) is 7.48. The maximum atomic E-state index is 12.0. The van der Waals surface area contributed by atoms with Gasteiger partial charge in [-0.2, -0.15) is 0 Å². The van der Waals surface area contributed by atoms with Crippen LogP contribution in [-0.2, 0) is 11.8 Å². The van der Waals surface area contributed by atoms with Gasteiger partial charge in [-0.15, -0.1) is 17.0 Å². The highest BCUT2D eigenvalue weighted by Gasteiger charge is 2.22. The standard InChI is InChI=1S/C15H20N2O2S.BrH/c1-15(2,3)13(18)9-20-14-16-11-8-10(19-5)6-7-12(11)17(14)4;/h6-8H,9H2,1-5H3;1H. The number of hydrogen-bond donors (Lipinski definition) is 0. The van der Waals surface area contributed by atoms with Crippen LogP contribution in [0.3, 0.4) is 0 Å². The van der Waals surface area contributed by atoms with Gasteiger partial charge in [0.05, 0.1) is 23.9 Å². The van der Waals surface area contributed by atoms with Crippen molar-refractivity contribution in [3.8, 4) is 5.75 Å². The maximum absolute atomic E-state index is 12.0. The van der Waals surface area contributed by atoms with Crippen LogP contribution in [0.25, 0.3) is 11.0 Å². The molecule has 0 unspecified atom stereocenters. The van der Waals surface area contributed by atoms with Crippen molar-refractivity contribution in [2.24, 2.45) is 12.5 Å². The average Bonchev–Trinajstić information content (AvgIpc) is 2.71. The molecule has 6 heteroatoms. The second-order valence-corrected chi connectivity index (χ2v) is 6.71. The first kappa shape index (κ1) is 18.0. The first-order valence-electron chi connectivity index (χ1n) is 6.49. The molecule has 1 heterocycles. The molecule has 0 amide bonds.